The molecule has 0 aliphatic rings. The summed E-state index contributed by atoms with van der Waals surface area (Å²) in [6.45, 7) is 3.48. The molecule has 0 bridgehead atoms. The van der Waals surface area contributed by atoms with Gasteiger partial charge in [-0.25, -0.2) is 0 Å². The van der Waals surface area contributed by atoms with Crippen LogP contribution in [0.25, 0.3) is 0 Å². The predicted octanol–water partition coefficient (Wildman–Crippen LogP) is 4.80. The first kappa shape index (κ1) is 24.0. The van der Waals surface area contributed by atoms with Crippen LogP contribution in [0.2, 0.25) is 5.02 Å². The number of rotatable bonds is 9. The highest BCUT2D eigenvalue weighted by Gasteiger charge is 2.03. The van der Waals surface area contributed by atoms with E-state index in [1.807, 2.05) is 42.5 Å². The third kappa shape index (κ3) is 9.34. The number of benzene rings is 2. The third-order valence-corrected chi connectivity index (χ3v) is 3.81. The highest BCUT2D eigenvalue weighted by Crippen LogP contribution is 2.19. The lowest BCUT2D eigenvalue weighted by Gasteiger charge is -2.13. The summed E-state index contributed by atoms with van der Waals surface area (Å²) in [4.78, 5) is 2.20. The van der Waals surface area contributed by atoms with Crippen LogP contribution in [0.1, 0.15) is 17.5 Å². The van der Waals surface area contributed by atoms with Crippen LogP contribution >= 0.6 is 36.4 Å². The van der Waals surface area contributed by atoms with Crippen LogP contribution in [0.15, 0.2) is 48.5 Å². The van der Waals surface area contributed by atoms with E-state index in [1.165, 1.54) is 5.56 Å². The second kappa shape index (κ2) is 13.3. The number of hydrogen-bond donors (Lipinski definition) is 1. The van der Waals surface area contributed by atoms with Crippen molar-refractivity contribution in [1.82, 2.24) is 10.2 Å². The molecule has 0 atom stereocenters. The van der Waals surface area contributed by atoms with Crippen LogP contribution in [-0.4, -0.2) is 32.1 Å². The van der Waals surface area contributed by atoms with Crippen LogP contribution < -0.4 is 10.1 Å². The Hall–Kier alpha value is -0.970. The summed E-state index contributed by atoms with van der Waals surface area (Å²) in [5.74, 6) is 0.933. The van der Waals surface area contributed by atoms with Gasteiger partial charge in [0, 0.05) is 17.1 Å². The van der Waals surface area contributed by atoms with Gasteiger partial charge in [-0.3, -0.25) is 0 Å². The Morgan fingerprint density at radius 2 is 1.68 bits per heavy atom. The average molecular weight is 406 g/mol. The number of hydrogen-bond acceptors (Lipinski definition) is 3. The molecule has 0 aliphatic carbocycles. The van der Waals surface area contributed by atoms with Gasteiger partial charge in [-0.05, 0) is 57.4 Å². The number of halogens is 3. The fourth-order valence-electron chi connectivity index (χ4n) is 2.28. The molecule has 25 heavy (non-hydrogen) atoms. The molecule has 0 amide bonds. The quantitative estimate of drug-likeness (QED) is 0.606. The SMILES string of the molecule is CN(C)CCCNCc1ccccc1OCc1ccc(Cl)cc1.Cl.Cl. The van der Waals surface area contributed by atoms with Crippen molar-refractivity contribution in [3.8, 4) is 5.75 Å². The Morgan fingerprint density at radius 1 is 1.00 bits per heavy atom. The van der Waals surface area contributed by atoms with Crippen LogP contribution in [-0.2, 0) is 13.2 Å². The summed E-state index contributed by atoms with van der Waals surface area (Å²) in [6.07, 6.45) is 1.14. The Bertz CT molecular complexity index is 591. The minimum Gasteiger partial charge on any atom is -0.489 e. The fraction of sp³-hybridized carbons (Fsp3) is 0.368. The molecule has 2 aromatic rings. The molecule has 0 unspecified atom stereocenters. The number of ether oxygens (including phenoxy) is 1. The number of nitrogens with zero attached hydrogens (tertiary/aromatic N) is 1. The molecule has 0 aliphatic heterocycles. The van der Waals surface area contributed by atoms with Gasteiger partial charge in [0.2, 0.25) is 0 Å². The van der Waals surface area contributed by atoms with Gasteiger partial charge in [0.15, 0.2) is 0 Å². The van der Waals surface area contributed by atoms with Crippen molar-refractivity contribution in [3.05, 3.63) is 64.7 Å². The maximum atomic E-state index is 5.97. The summed E-state index contributed by atoms with van der Waals surface area (Å²) >= 11 is 5.90. The molecule has 140 valence electrons. The zero-order valence-corrected chi connectivity index (χ0v) is 17.1. The van der Waals surface area contributed by atoms with E-state index >= 15 is 0 Å². The number of nitrogens with one attached hydrogen (secondary N) is 1. The summed E-state index contributed by atoms with van der Waals surface area (Å²) in [5, 5.41) is 4.23. The zero-order chi connectivity index (χ0) is 16.5. The highest BCUT2D eigenvalue weighted by atomic mass is 35.5. The Balaban J connectivity index is 0.00000288. The molecular formula is C19H27Cl3N2O. The molecular weight excluding hydrogens is 379 g/mol. The molecule has 2 rings (SSSR count). The van der Waals surface area contributed by atoms with Crippen molar-refractivity contribution in [2.45, 2.75) is 19.6 Å². The van der Waals surface area contributed by atoms with E-state index in [0.29, 0.717) is 6.61 Å². The monoisotopic (exact) mass is 404 g/mol. The van der Waals surface area contributed by atoms with E-state index in [9.17, 15) is 0 Å². The van der Waals surface area contributed by atoms with Crippen LogP contribution in [0, 0.1) is 0 Å². The predicted molar refractivity (Wildman–Crippen MR) is 112 cm³/mol. The van der Waals surface area contributed by atoms with Gasteiger partial charge in [0.05, 0.1) is 0 Å². The summed E-state index contributed by atoms with van der Waals surface area (Å²) < 4.78 is 5.97. The molecule has 2 aromatic carbocycles. The minimum atomic E-state index is 0. The van der Waals surface area contributed by atoms with Gasteiger partial charge in [-0.15, -0.1) is 24.8 Å². The van der Waals surface area contributed by atoms with E-state index < -0.39 is 0 Å². The van der Waals surface area contributed by atoms with Crippen LogP contribution in [0.4, 0.5) is 0 Å². The maximum absolute atomic E-state index is 5.97. The fourth-order valence-corrected chi connectivity index (χ4v) is 2.40. The Kier molecular flexibility index (Phi) is 12.7. The molecule has 3 nitrogen and oxygen atoms in total. The van der Waals surface area contributed by atoms with E-state index in [0.717, 1.165) is 42.4 Å². The first-order valence-electron chi connectivity index (χ1n) is 7.96. The topological polar surface area (TPSA) is 24.5 Å². The lowest BCUT2D eigenvalue weighted by molar-refractivity contribution is 0.302. The zero-order valence-electron chi connectivity index (χ0n) is 14.7. The maximum Gasteiger partial charge on any atom is 0.124 e. The summed E-state index contributed by atoms with van der Waals surface area (Å²) in [5.41, 5.74) is 2.30. The van der Waals surface area contributed by atoms with Gasteiger partial charge < -0.3 is 15.0 Å². The second-order valence-corrected chi connectivity index (χ2v) is 6.29. The molecule has 0 saturated carbocycles. The van der Waals surface area contributed by atoms with Gasteiger partial charge in [0.25, 0.3) is 0 Å². The van der Waals surface area contributed by atoms with E-state index in [1.54, 1.807) is 0 Å². The normalized spacial score (nSPS) is 10.1. The molecule has 1 N–H and O–H groups in total. The van der Waals surface area contributed by atoms with Gasteiger partial charge >= 0.3 is 0 Å². The van der Waals surface area contributed by atoms with Gasteiger partial charge in [0.1, 0.15) is 12.4 Å². The van der Waals surface area contributed by atoms with Gasteiger partial charge in [-0.1, -0.05) is 41.9 Å². The largest absolute Gasteiger partial charge is 0.489 e. The van der Waals surface area contributed by atoms with E-state index in [4.69, 9.17) is 16.3 Å². The summed E-state index contributed by atoms with van der Waals surface area (Å²) in [7, 11) is 4.19. The van der Waals surface area contributed by atoms with Crippen molar-refractivity contribution in [2.24, 2.45) is 0 Å². The minimum absolute atomic E-state index is 0. The molecule has 0 heterocycles. The molecule has 0 fully saturated rings. The van der Waals surface area contributed by atoms with Crippen molar-refractivity contribution in [1.29, 1.82) is 0 Å². The lowest BCUT2D eigenvalue weighted by atomic mass is 10.2. The van der Waals surface area contributed by atoms with Crippen LogP contribution in [0.5, 0.6) is 5.75 Å². The van der Waals surface area contributed by atoms with Crippen molar-refractivity contribution < 1.29 is 4.74 Å². The molecule has 0 saturated heterocycles. The molecule has 0 radical (unpaired) electrons. The second-order valence-electron chi connectivity index (χ2n) is 5.86. The highest BCUT2D eigenvalue weighted by molar-refractivity contribution is 6.30. The average Bonchev–Trinajstić information content (AvgIpc) is 2.55. The Labute approximate surface area is 168 Å². The standard InChI is InChI=1S/C19H25ClN2O.2ClH/c1-22(2)13-5-12-21-14-17-6-3-4-7-19(17)23-15-16-8-10-18(20)11-9-16;;/h3-4,6-11,21H,5,12-15H2,1-2H3;2*1H. The summed E-state index contributed by atoms with van der Waals surface area (Å²) in [6, 6.07) is 15.9. The molecule has 0 aromatic heterocycles. The molecule has 0 spiro atoms. The van der Waals surface area contributed by atoms with Crippen molar-refractivity contribution >= 4 is 36.4 Å². The first-order chi connectivity index (χ1) is 11.1. The Morgan fingerprint density at radius 3 is 2.36 bits per heavy atom. The lowest BCUT2D eigenvalue weighted by Crippen LogP contribution is -2.21. The first-order valence-corrected chi connectivity index (χ1v) is 8.33. The molecule has 6 heteroatoms. The number of para-hydroxylation sites is 1. The van der Waals surface area contributed by atoms with Crippen molar-refractivity contribution in [2.75, 3.05) is 27.2 Å². The van der Waals surface area contributed by atoms with E-state index in [2.05, 4.69) is 30.4 Å². The smallest absolute Gasteiger partial charge is 0.124 e. The van der Waals surface area contributed by atoms with Crippen LogP contribution in [0.3, 0.4) is 0 Å². The van der Waals surface area contributed by atoms with E-state index in [-0.39, 0.29) is 24.8 Å². The third-order valence-electron chi connectivity index (χ3n) is 3.55. The van der Waals surface area contributed by atoms with Gasteiger partial charge in [-0.2, -0.15) is 0 Å². The van der Waals surface area contributed by atoms with Crippen molar-refractivity contribution in [3.63, 3.8) is 0 Å².